The molecule has 0 radical (unpaired) electrons. The van der Waals surface area contributed by atoms with Crippen molar-refractivity contribution in [1.82, 2.24) is 4.98 Å². The van der Waals surface area contributed by atoms with E-state index in [9.17, 15) is 0 Å². The van der Waals surface area contributed by atoms with Crippen LogP contribution < -0.4 is 4.57 Å². The molecule has 4 rings (SSSR count). The van der Waals surface area contributed by atoms with E-state index >= 15 is 0 Å². The zero-order valence-electron chi connectivity index (χ0n) is 20.7. The van der Waals surface area contributed by atoms with Crippen molar-refractivity contribution in [3.05, 3.63) is 70.7 Å². The molecule has 0 spiro atoms. The molecule has 26 heavy (non-hydrogen) atoms. The Morgan fingerprint density at radius 3 is 2.85 bits per heavy atom. The molecule has 2 heteroatoms. The number of hydrogen-bond donors (Lipinski definition) is 0. The molecule has 0 unspecified atom stereocenters. The van der Waals surface area contributed by atoms with Crippen LogP contribution in [0.1, 0.15) is 48.6 Å². The molecule has 1 aromatic carbocycles. The van der Waals surface area contributed by atoms with Crippen LogP contribution in [0.2, 0.25) is 0 Å². The molecular formula is C24H27N2+. The summed E-state index contributed by atoms with van der Waals surface area (Å²) in [6.07, 6.45) is 2.31. The van der Waals surface area contributed by atoms with E-state index in [-0.39, 0.29) is 17.0 Å². The zero-order chi connectivity index (χ0) is 22.7. The molecule has 0 atom stereocenters. The smallest absolute Gasteiger partial charge is 0.213 e. The molecule has 2 aromatic heterocycles. The standard InChI is InChI=1S/C24H27N2/c1-15(2)11-18-12-23(26(5)14-17(18)4)24-16(3)8-9-19-20-7-6-10-25-22(20)13-21(19)24/h6-10,12,14-15H,11,13H2,1-5H3/q+1/i4D3,11D2. The zero-order valence-corrected chi connectivity index (χ0v) is 15.7. The van der Waals surface area contributed by atoms with E-state index < -0.39 is 13.2 Å². The molecule has 132 valence electrons. The van der Waals surface area contributed by atoms with Gasteiger partial charge >= 0.3 is 0 Å². The molecule has 1 aliphatic rings. The summed E-state index contributed by atoms with van der Waals surface area (Å²) in [5.74, 6) is -0.370. The second-order valence-electron chi connectivity index (χ2n) is 7.35. The maximum Gasteiger partial charge on any atom is 0.213 e. The Bertz CT molecular complexity index is 1180. The molecule has 0 fully saturated rings. The van der Waals surface area contributed by atoms with E-state index in [2.05, 4.69) is 23.2 Å². The van der Waals surface area contributed by atoms with Gasteiger partial charge in [-0.1, -0.05) is 32.0 Å². The van der Waals surface area contributed by atoms with Gasteiger partial charge in [-0.15, -0.1) is 0 Å². The van der Waals surface area contributed by atoms with Crippen LogP contribution in [0.5, 0.6) is 0 Å². The van der Waals surface area contributed by atoms with Gasteiger partial charge in [0.2, 0.25) is 5.69 Å². The molecule has 0 aliphatic heterocycles. The number of aryl methyl sites for hydroxylation is 3. The lowest BCUT2D eigenvalue weighted by Crippen LogP contribution is -2.32. The molecule has 2 nitrogen and oxygen atoms in total. The summed E-state index contributed by atoms with van der Waals surface area (Å²) in [5.41, 5.74) is 7.65. The first-order chi connectivity index (χ1) is 14.4. The van der Waals surface area contributed by atoms with E-state index in [0.717, 1.165) is 39.2 Å². The van der Waals surface area contributed by atoms with Gasteiger partial charge in [0.05, 0.1) is 11.3 Å². The van der Waals surface area contributed by atoms with Crippen molar-refractivity contribution in [3.63, 3.8) is 0 Å². The Labute approximate surface area is 163 Å². The van der Waals surface area contributed by atoms with Crippen molar-refractivity contribution in [2.24, 2.45) is 13.0 Å². The van der Waals surface area contributed by atoms with Gasteiger partial charge in [-0.2, -0.15) is 0 Å². The van der Waals surface area contributed by atoms with Crippen molar-refractivity contribution in [2.75, 3.05) is 0 Å². The van der Waals surface area contributed by atoms with E-state index in [1.807, 2.05) is 24.6 Å². The van der Waals surface area contributed by atoms with Gasteiger partial charge in [0.15, 0.2) is 6.20 Å². The van der Waals surface area contributed by atoms with Gasteiger partial charge in [0, 0.05) is 36.7 Å². The van der Waals surface area contributed by atoms with Crippen molar-refractivity contribution >= 4 is 0 Å². The molecule has 0 saturated heterocycles. The quantitative estimate of drug-likeness (QED) is 0.478. The molecule has 0 amide bonds. The van der Waals surface area contributed by atoms with Gasteiger partial charge in [-0.25, -0.2) is 4.57 Å². The molecule has 2 heterocycles. The fourth-order valence-electron chi connectivity index (χ4n) is 3.88. The number of aromatic nitrogens is 2. The van der Waals surface area contributed by atoms with E-state index in [1.165, 1.54) is 0 Å². The highest BCUT2D eigenvalue weighted by molar-refractivity contribution is 5.84. The summed E-state index contributed by atoms with van der Waals surface area (Å²) in [7, 11) is 1.83. The van der Waals surface area contributed by atoms with Crippen LogP contribution in [0.15, 0.2) is 42.7 Å². The number of nitrogens with zero attached hydrogens (tertiary/aromatic N) is 2. The minimum atomic E-state index is -2.40. The number of pyridine rings is 2. The highest BCUT2D eigenvalue weighted by atomic mass is 14.9. The maximum absolute atomic E-state index is 8.68. The first kappa shape index (κ1) is 12.0. The van der Waals surface area contributed by atoms with Crippen molar-refractivity contribution in [1.29, 1.82) is 0 Å². The summed E-state index contributed by atoms with van der Waals surface area (Å²) >= 11 is 0. The number of hydrogen-bond acceptors (Lipinski definition) is 1. The van der Waals surface area contributed by atoms with Crippen LogP contribution in [-0.2, 0) is 19.8 Å². The van der Waals surface area contributed by atoms with Gasteiger partial charge in [0.1, 0.15) is 7.05 Å². The third-order valence-corrected chi connectivity index (χ3v) is 5.02. The Balaban J connectivity index is 2.01. The number of rotatable bonds is 3. The Hall–Kier alpha value is -2.48. The lowest BCUT2D eigenvalue weighted by Gasteiger charge is -2.14. The summed E-state index contributed by atoms with van der Waals surface area (Å²) in [6.45, 7) is 3.20. The van der Waals surface area contributed by atoms with Crippen molar-refractivity contribution in [3.8, 4) is 22.4 Å². The molecule has 0 N–H and O–H groups in total. The fraction of sp³-hybridized carbons (Fsp3) is 0.333. The first-order valence-corrected chi connectivity index (χ1v) is 9.04. The summed E-state index contributed by atoms with van der Waals surface area (Å²) in [4.78, 5) is 4.55. The minimum Gasteiger partial charge on any atom is -0.260 e. The van der Waals surface area contributed by atoms with E-state index in [4.69, 9.17) is 6.85 Å². The third kappa shape index (κ3) is 2.74. The minimum absolute atomic E-state index is 0.0626. The lowest BCUT2D eigenvalue weighted by atomic mass is 9.91. The normalized spacial score (nSPS) is 16.3. The van der Waals surface area contributed by atoms with E-state index in [0.29, 0.717) is 6.42 Å². The molecule has 3 aromatic rings. The topological polar surface area (TPSA) is 16.8 Å². The first-order valence-electron chi connectivity index (χ1n) is 11.5. The molecular weight excluding hydrogens is 316 g/mol. The maximum atomic E-state index is 8.68. The van der Waals surface area contributed by atoms with Gasteiger partial charge in [-0.05, 0) is 54.4 Å². The summed E-state index contributed by atoms with van der Waals surface area (Å²) in [6, 6.07) is 9.96. The molecule has 0 bridgehead atoms. The highest BCUT2D eigenvalue weighted by Crippen LogP contribution is 2.41. The fourth-order valence-corrected chi connectivity index (χ4v) is 3.88. The predicted molar refractivity (Wildman–Crippen MR) is 107 cm³/mol. The van der Waals surface area contributed by atoms with Crippen molar-refractivity contribution in [2.45, 2.75) is 40.4 Å². The average molecular weight is 349 g/mol. The largest absolute Gasteiger partial charge is 0.260 e. The van der Waals surface area contributed by atoms with Crippen LogP contribution in [0.4, 0.5) is 0 Å². The lowest BCUT2D eigenvalue weighted by molar-refractivity contribution is -0.660. The summed E-state index contributed by atoms with van der Waals surface area (Å²) < 4.78 is 43.2. The van der Waals surface area contributed by atoms with E-state index in [1.54, 1.807) is 32.3 Å². The number of fused-ring (bicyclic) bond motifs is 3. The second kappa shape index (κ2) is 6.35. The van der Waals surface area contributed by atoms with Crippen LogP contribution >= 0.6 is 0 Å². The average Bonchev–Trinajstić information content (AvgIpc) is 3.05. The monoisotopic (exact) mass is 348 g/mol. The Morgan fingerprint density at radius 1 is 1.23 bits per heavy atom. The highest BCUT2D eigenvalue weighted by Gasteiger charge is 2.27. The van der Waals surface area contributed by atoms with Gasteiger partial charge < -0.3 is 0 Å². The van der Waals surface area contributed by atoms with Crippen LogP contribution in [0, 0.1) is 19.7 Å². The van der Waals surface area contributed by atoms with Gasteiger partial charge in [-0.3, -0.25) is 4.98 Å². The van der Waals surface area contributed by atoms with Crippen LogP contribution in [0.3, 0.4) is 0 Å². The predicted octanol–water partition coefficient (Wildman–Crippen LogP) is 4.96. The van der Waals surface area contributed by atoms with Gasteiger partial charge in [0.25, 0.3) is 0 Å². The third-order valence-electron chi connectivity index (χ3n) is 5.02. The second-order valence-corrected chi connectivity index (χ2v) is 7.35. The molecule has 0 saturated carbocycles. The van der Waals surface area contributed by atoms with Crippen LogP contribution in [-0.4, -0.2) is 4.98 Å². The SMILES string of the molecule is [2H]C([2H])([2H])c1c[n+](C)c(-c2c(C)ccc3c2Cc2ncccc2-3)cc1C([2H])([2H])C(C)C. The number of benzene rings is 1. The van der Waals surface area contributed by atoms with Crippen molar-refractivity contribution < 1.29 is 11.4 Å². The Morgan fingerprint density at radius 2 is 2.08 bits per heavy atom. The summed E-state index contributed by atoms with van der Waals surface area (Å²) in [5, 5.41) is 0. The Kier molecular flexibility index (Phi) is 2.93. The van der Waals surface area contributed by atoms with Crippen LogP contribution in [0.25, 0.3) is 22.4 Å². The molecule has 1 aliphatic carbocycles.